The molecule has 1 atom stereocenters. The Morgan fingerprint density at radius 3 is 2.44 bits per heavy atom. The lowest BCUT2D eigenvalue weighted by Gasteiger charge is -2.25. The van der Waals surface area contributed by atoms with E-state index in [1.165, 1.54) is 12.1 Å². The summed E-state index contributed by atoms with van der Waals surface area (Å²) in [5.41, 5.74) is 3.33. The minimum atomic E-state index is -0.992. The number of ether oxygens (including phenoxy) is 2. The van der Waals surface area contributed by atoms with Gasteiger partial charge >= 0.3 is 12.1 Å². The average Bonchev–Trinajstić information content (AvgIpc) is 3.42. The van der Waals surface area contributed by atoms with E-state index in [4.69, 9.17) is 14.6 Å². The van der Waals surface area contributed by atoms with Gasteiger partial charge in [0.2, 0.25) is 0 Å². The van der Waals surface area contributed by atoms with Crippen LogP contribution in [0.15, 0.2) is 54.7 Å². The van der Waals surface area contributed by atoms with Crippen LogP contribution in [0.1, 0.15) is 56.0 Å². The summed E-state index contributed by atoms with van der Waals surface area (Å²) >= 11 is 0. The van der Waals surface area contributed by atoms with Crippen molar-refractivity contribution in [3.05, 3.63) is 65.9 Å². The zero-order chi connectivity index (χ0) is 27.8. The first-order chi connectivity index (χ1) is 18.6. The van der Waals surface area contributed by atoms with Crippen LogP contribution in [0.2, 0.25) is 0 Å². The van der Waals surface area contributed by atoms with Gasteiger partial charge in [-0.15, -0.1) is 0 Å². The van der Waals surface area contributed by atoms with Crippen LogP contribution in [0.5, 0.6) is 5.75 Å². The molecule has 9 heteroatoms. The highest BCUT2D eigenvalue weighted by molar-refractivity contribution is 5.92. The van der Waals surface area contributed by atoms with Crippen molar-refractivity contribution in [2.24, 2.45) is 0 Å². The fourth-order valence-corrected chi connectivity index (χ4v) is 5.35. The Morgan fingerprint density at radius 2 is 1.79 bits per heavy atom. The summed E-state index contributed by atoms with van der Waals surface area (Å²) < 4.78 is 13.4. The van der Waals surface area contributed by atoms with Crippen molar-refractivity contribution in [2.45, 2.75) is 57.7 Å². The van der Waals surface area contributed by atoms with E-state index in [-0.39, 0.29) is 17.2 Å². The van der Waals surface area contributed by atoms with Gasteiger partial charge in [0.1, 0.15) is 11.4 Å². The van der Waals surface area contributed by atoms with Gasteiger partial charge in [-0.05, 0) is 88.7 Å². The number of carboxylic acids is 1. The molecule has 2 aromatic carbocycles. The minimum absolute atomic E-state index is 0.146. The van der Waals surface area contributed by atoms with Gasteiger partial charge < -0.3 is 14.6 Å². The molecule has 0 bridgehead atoms. The van der Waals surface area contributed by atoms with E-state index < -0.39 is 11.6 Å². The molecule has 1 spiro atoms. The zero-order valence-corrected chi connectivity index (χ0v) is 23.0. The third-order valence-corrected chi connectivity index (χ3v) is 7.62. The molecule has 1 amide bonds. The van der Waals surface area contributed by atoms with Crippen molar-refractivity contribution >= 4 is 17.7 Å². The summed E-state index contributed by atoms with van der Waals surface area (Å²) in [5, 5.41) is 14.2. The number of carbonyl (C=O) groups is 2. The molecule has 1 aromatic heterocycles. The lowest BCUT2D eigenvalue weighted by Crippen LogP contribution is -2.36. The molecule has 1 N–H and O–H groups in total. The smallest absolute Gasteiger partial charge is 0.415 e. The standard InChI is InChI=1S/C30H36N4O5/c1-29(2,3)34-19-23(26(31-34)21-8-12-25(38-4)13-9-21)18-32-16-5-14-30(15-17-32)20-33(28(37)39-30)24-10-6-22(7-11-24)27(35)36/h6-13,19H,5,14-18,20H2,1-4H3,(H,35,36). The summed E-state index contributed by atoms with van der Waals surface area (Å²) in [6.07, 6.45) is 4.20. The number of nitrogens with zero attached hydrogens (tertiary/aromatic N) is 4. The van der Waals surface area contributed by atoms with Crippen molar-refractivity contribution < 1.29 is 24.2 Å². The fourth-order valence-electron chi connectivity index (χ4n) is 5.35. The van der Waals surface area contributed by atoms with Crippen molar-refractivity contribution in [3.63, 3.8) is 0 Å². The lowest BCUT2D eigenvalue weighted by atomic mass is 9.94. The molecule has 0 saturated carbocycles. The molecule has 5 rings (SSSR count). The number of hydrogen-bond donors (Lipinski definition) is 1. The van der Waals surface area contributed by atoms with Crippen LogP contribution < -0.4 is 9.64 Å². The molecule has 2 aliphatic heterocycles. The largest absolute Gasteiger partial charge is 0.497 e. The van der Waals surface area contributed by atoms with Crippen molar-refractivity contribution in [1.29, 1.82) is 0 Å². The van der Waals surface area contributed by atoms with Crippen LogP contribution in [-0.2, 0) is 16.8 Å². The van der Waals surface area contributed by atoms with Gasteiger partial charge in [0.05, 0.1) is 30.5 Å². The van der Waals surface area contributed by atoms with Crippen LogP contribution in [-0.4, -0.2) is 64.2 Å². The SMILES string of the molecule is COc1ccc(-c2nn(C(C)(C)C)cc2CN2CCCC3(CC2)CN(c2ccc(C(=O)O)cc2)C(=O)O3)cc1. The van der Waals surface area contributed by atoms with Crippen LogP contribution in [0.3, 0.4) is 0 Å². The van der Waals surface area contributed by atoms with E-state index in [0.29, 0.717) is 12.2 Å². The van der Waals surface area contributed by atoms with Gasteiger partial charge in [0.15, 0.2) is 0 Å². The highest BCUT2D eigenvalue weighted by Gasteiger charge is 2.46. The van der Waals surface area contributed by atoms with Crippen LogP contribution in [0.25, 0.3) is 11.3 Å². The first-order valence-corrected chi connectivity index (χ1v) is 13.4. The number of hydrogen-bond acceptors (Lipinski definition) is 6. The normalized spacial score (nSPS) is 20.2. The highest BCUT2D eigenvalue weighted by Crippen LogP contribution is 2.37. The maximum absolute atomic E-state index is 12.8. The number of aromatic nitrogens is 2. The summed E-state index contributed by atoms with van der Waals surface area (Å²) in [7, 11) is 1.66. The van der Waals surface area contributed by atoms with E-state index in [1.54, 1.807) is 24.1 Å². The summed E-state index contributed by atoms with van der Waals surface area (Å²) in [6, 6.07) is 14.4. The molecule has 0 radical (unpaired) electrons. The Hall–Kier alpha value is -3.85. The predicted octanol–water partition coefficient (Wildman–Crippen LogP) is 5.39. The second-order valence-corrected chi connectivity index (χ2v) is 11.5. The number of benzene rings is 2. The number of carboxylic acid groups (broad SMARTS) is 1. The van der Waals surface area contributed by atoms with Gasteiger partial charge in [-0.1, -0.05) is 0 Å². The summed E-state index contributed by atoms with van der Waals surface area (Å²) in [5.74, 6) is -0.180. The Morgan fingerprint density at radius 1 is 1.08 bits per heavy atom. The lowest BCUT2D eigenvalue weighted by molar-refractivity contribution is 0.0443. The van der Waals surface area contributed by atoms with E-state index in [9.17, 15) is 14.7 Å². The predicted molar refractivity (Wildman–Crippen MR) is 148 cm³/mol. The molecule has 0 aliphatic carbocycles. The molecule has 1 unspecified atom stereocenters. The molecule has 9 nitrogen and oxygen atoms in total. The molecule has 3 heterocycles. The zero-order valence-electron chi connectivity index (χ0n) is 23.0. The average molecular weight is 533 g/mol. The first kappa shape index (κ1) is 26.7. The molecular formula is C30H36N4O5. The van der Waals surface area contributed by atoms with Crippen molar-refractivity contribution in [3.8, 4) is 17.0 Å². The quantitative estimate of drug-likeness (QED) is 0.454. The van der Waals surface area contributed by atoms with Gasteiger partial charge in [-0.3, -0.25) is 14.5 Å². The van der Waals surface area contributed by atoms with Gasteiger partial charge in [0, 0.05) is 42.5 Å². The minimum Gasteiger partial charge on any atom is -0.497 e. The molecule has 39 heavy (non-hydrogen) atoms. The van der Waals surface area contributed by atoms with E-state index in [2.05, 4.69) is 31.9 Å². The second-order valence-electron chi connectivity index (χ2n) is 11.5. The van der Waals surface area contributed by atoms with Gasteiger partial charge in [0.25, 0.3) is 0 Å². The molecule has 206 valence electrons. The van der Waals surface area contributed by atoms with E-state index >= 15 is 0 Å². The monoisotopic (exact) mass is 532 g/mol. The maximum Gasteiger partial charge on any atom is 0.415 e. The summed E-state index contributed by atoms with van der Waals surface area (Å²) in [6.45, 7) is 9.34. The van der Waals surface area contributed by atoms with Crippen LogP contribution in [0.4, 0.5) is 10.5 Å². The van der Waals surface area contributed by atoms with Crippen LogP contribution in [0, 0.1) is 0 Å². The van der Waals surface area contributed by atoms with Gasteiger partial charge in [-0.25, -0.2) is 9.59 Å². The molecule has 2 aliphatic rings. The molecule has 3 aromatic rings. The number of likely N-dealkylation sites (tertiary alicyclic amines) is 1. The van der Waals surface area contributed by atoms with Crippen molar-refractivity contribution in [2.75, 3.05) is 31.6 Å². The summed E-state index contributed by atoms with van der Waals surface area (Å²) in [4.78, 5) is 28.1. The number of methoxy groups -OCH3 is 1. The second kappa shape index (κ2) is 10.4. The van der Waals surface area contributed by atoms with E-state index in [1.807, 2.05) is 28.9 Å². The number of rotatable bonds is 6. The van der Waals surface area contributed by atoms with E-state index in [0.717, 1.165) is 61.5 Å². The third kappa shape index (κ3) is 5.63. The number of anilines is 1. The number of aromatic carboxylic acids is 1. The van der Waals surface area contributed by atoms with Crippen molar-refractivity contribution in [1.82, 2.24) is 14.7 Å². The number of amides is 1. The maximum atomic E-state index is 12.8. The van der Waals surface area contributed by atoms with Gasteiger partial charge in [-0.2, -0.15) is 5.10 Å². The fraction of sp³-hybridized carbons (Fsp3) is 0.433. The highest BCUT2D eigenvalue weighted by atomic mass is 16.6. The Balaban J connectivity index is 1.31. The van der Waals surface area contributed by atoms with Crippen LogP contribution >= 0.6 is 0 Å². The number of carbonyl (C=O) groups excluding carboxylic acids is 1. The topological polar surface area (TPSA) is 97.1 Å². The Bertz CT molecular complexity index is 1340. The first-order valence-electron chi connectivity index (χ1n) is 13.4. The molecular weight excluding hydrogens is 496 g/mol. The third-order valence-electron chi connectivity index (χ3n) is 7.62. The molecule has 2 fully saturated rings. The Labute approximate surface area is 228 Å². The Kier molecular flexibility index (Phi) is 7.11. The molecule has 2 saturated heterocycles.